The van der Waals surface area contributed by atoms with Crippen LogP contribution in [0.5, 0.6) is 0 Å². The molecular formula is C17H36O2. The van der Waals surface area contributed by atoms with Crippen molar-refractivity contribution in [3.63, 3.8) is 0 Å². The Bertz CT molecular complexity index is 194. The third-order valence-electron chi connectivity index (χ3n) is 4.32. The summed E-state index contributed by atoms with van der Waals surface area (Å²) >= 11 is 0. The number of unbranched alkanes of at least 4 members (excludes halogenated alkanes) is 4. The monoisotopic (exact) mass is 272 g/mol. The molecule has 0 heterocycles. The minimum Gasteiger partial charge on any atom is -0.385 e. The molecule has 2 unspecified atom stereocenters. The Balaban J connectivity index is 4.27. The average Bonchev–Trinajstić information content (AvgIpc) is 2.39. The maximum atomic E-state index is 5.77. The largest absolute Gasteiger partial charge is 0.385 e. The molecule has 0 aromatic rings. The van der Waals surface area contributed by atoms with Gasteiger partial charge in [-0.1, -0.05) is 59.3 Å². The van der Waals surface area contributed by atoms with Gasteiger partial charge in [0.05, 0.1) is 6.10 Å². The topological polar surface area (TPSA) is 18.5 Å². The van der Waals surface area contributed by atoms with Crippen molar-refractivity contribution in [1.82, 2.24) is 0 Å². The number of hydrogen-bond donors (Lipinski definition) is 0. The molecule has 0 bridgehead atoms. The molecule has 0 rings (SSSR count). The molecule has 2 nitrogen and oxygen atoms in total. The predicted molar refractivity (Wildman–Crippen MR) is 83.7 cm³/mol. The van der Waals surface area contributed by atoms with Crippen LogP contribution in [0.25, 0.3) is 0 Å². The van der Waals surface area contributed by atoms with Crippen LogP contribution in [0.3, 0.4) is 0 Å². The summed E-state index contributed by atoms with van der Waals surface area (Å²) in [5, 5.41) is 0. The molecule has 0 aliphatic carbocycles. The van der Waals surface area contributed by atoms with Crippen LogP contribution in [0.1, 0.15) is 78.6 Å². The number of rotatable bonds is 13. The fourth-order valence-electron chi connectivity index (χ4n) is 3.13. The van der Waals surface area contributed by atoms with Crippen LogP contribution in [0.15, 0.2) is 0 Å². The van der Waals surface area contributed by atoms with Crippen molar-refractivity contribution in [3.8, 4) is 0 Å². The van der Waals surface area contributed by atoms with E-state index in [0.717, 1.165) is 13.0 Å². The van der Waals surface area contributed by atoms with Crippen molar-refractivity contribution in [2.24, 2.45) is 5.41 Å². The van der Waals surface area contributed by atoms with Crippen molar-refractivity contribution in [2.45, 2.75) is 84.7 Å². The van der Waals surface area contributed by atoms with Crippen molar-refractivity contribution in [2.75, 3.05) is 20.8 Å². The third kappa shape index (κ3) is 7.94. The van der Waals surface area contributed by atoms with Crippen molar-refractivity contribution in [3.05, 3.63) is 0 Å². The van der Waals surface area contributed by atoms with Crippen LogP contribution >= 0.6 is 0 Å². The van der Waals surface area contributed by atoms with E-state index in [1.54, 1.807) is 7.11 Å². The van der Waals surface area contributed by atoms with Gasteiger partial charge in [-0.15, -0.1) is 0 Å². The summed E-state index contributed by atoms with van der Waals surface area (Å²) in [5.41, 5.74) is 0.314. The molecule has 0 aromatic heterocycles. The molecule has 0 aliphatic rings. The second kappa shape index (κ2) is 11.7. The van der Waals surface area contributed by atoms with Crippen LogP contribution < -0.4 is 0 Å². The Morgan fingerprint density at radius 3 is 2.11 bits per heavy atom. The third-order valence-corrected chi connectivity index (χ3v) is 4.32. The van der Waals surface area contributed by atoms with E-state index in [1.165, 1.54) is 51.4 Å². The summed E-state index contributed by atoms with van der Waals surface area (Å²) in [6.45, 7) is 7.75. The summed E-state index contributed by atoms with van der Waals surface area (Å²) in [4.78, 5) is 0. The van der Waals surface area contributed by atoms with Gasteiger partial charge in [0.1, 0.15) is 0 Å². The Morgan fingerprint density at radius 2 is 1.58 bits per heavy atom. The molecule has 0 amide bonds. The molecule has 0 saturated heterocycles. The summed E-state index contributed by atoms with van der Waals surface area (Å²) in [6, 6.07) is 0. The van der Waals surface area contributed by atoms with Crippen LogP contribution in [0.2, 0.25) is 0 Å². The average molecular weight is 272 g/mol. The number of methoxy groups -OCH3 is 2. The van der Waals surface area contributed by atoms with E-state index in [0.29, 0.717) is 11.5 Å². The maximum absolute atomic E-state index is 5.77. The second-order valence-electron chi connectivity index (χ2n) is 6.07. The standard InChI is InChI=1S/C17H36O2/c1-6-8-9-10-11-14-17(3,13-7-2)16(19-5)12-15-18-4/h16H,6-15H2,1-5H3. The molecule has 0 radical (unpaired) electrons. The van der Waals surface area contributed by atoms with Crippen LogP contribution in [-0.2, 0) is 9.47 Å². The summed E-state index contributed by atoms with van der Waals surface area (Å²) in [7, 11) is 3.62. The summed E-state index contributed by atoms with van der Waals surface area (Å²) in [5.74, 6) is 0. The minimum atomic E-state index is 0.314. The van der Waals surface area contributed by atoms with Gasteiger partial charge in [-0.25, -0.2) is 0 Å². The zero-order chi connectivity index (χ0) is 14.6. The van der Waals surface area contributed by atoms with Gasteiger partial charge in [0.2, 0.25) is 0 Å². The molecular weight excluding hydrogens is 236 g/mol. The van der Waals surface area contributed by atoms with E-state index < -0.39 is 0 Å². The summed E-state index contributed by atoms with van der Waals surface area (Å²) in [6.07, 6.45) is 11.9. The van der Waals surface area contributed by atoms with E-state index >= 15 is 0 Å². The van der Waals surface area contributed by atoms with Crippen molar-refractivity contribution in [1.29, 1.82) is 0 Å². The lowest BCUT2D eigenvalue weighted by molar-refractivity contribution is -0.0322. The van der Waals surface area contributed by atoms with Gasteiger partial charge < -0.3 is 9.47 Å². The molecule has 0 aliphatic heterocycles. The molecule has 0 spiro atoms. The minimum absolute atomic E-state index is 0.314. The van der Waals surface area contributed by atoms with Gasteiger partial charge in [-0.2, -0.15) is 0 Å². The van der Waals surface area contributed by atoms with E-state index in [2.05, 4.69) is 20.8 Å². The van der Waals surface area contributed by atoms with E-state index in [1.807, 2.05) is 7.11 Å². The molecule has 19 heavy (non-hydrogen) atoms. The van der Waals surface area contributed by atoms with E-state index in [9.17, 15) is 0 Å². The van der Waals surface area contributed by atoms with Crippen LogP contribution in [0, 0.1) is 5.41 Å². The first-order chi connectivity index (χ1) is 9.14. The molecule has 0 fully saturated rings. The SMILES string of the molecule is CCCCCCCC(C)(CCC)C(CCOC)OC. The van der Waals surface area contributed by atoms with Crippen LogP contribution in [-0.4, -0.2) is 26.9 Å². The zero-order valence-corrected chi connectivity index (χ0v) is 14.0. The quantitative estimate of drug-likeness (QED) is 0.429. The molecule has 2 atom stereocenters. The highest BCUT2D eigenvalue weighted by molar-refractivity contribution is 4.83. The Morgan fingerprint density at radius 1 is 0.895 bits per heavy atom. The van der Waals surface area contributed by atoms with Crippen molar-refractivity contribution < 1.29 is 9.47 Å². The van der Waals surface area contributed by atoms with Gasteiger partial charge in [0.25, 0.3) is 0 Å². The zero-order valence-electron chi connectivity index (χ0n) is 14.0. The van der Waals surface area contributed by atoms with Gasteiger partial charge in [-0.05, 0) is 24.7 Å². The normalized spacial score (nSPS) is 16.3. The Hall–Kier alpha value is -0.0800. The number of hydrogen-bond acceptors (Lipinski definition) is 2. The van der Waals surface area contributed by atoms with Gasteiger partial charge in [-0.3, -0.25) is 0 Å². The van der Waals surface area contributed by atoms with E-state index in [4.69, 9.17) is 9.47 Å². The first-order valence-corrected chi connectivity index (χ1v) is 8.16. The molecule has 0 N–H and O–H groups in total. The molecule has 2 heteroatoms. The maximum Gasteiger partial charge on any atom is 0.0646 e. The lowest BCUT2D eigenvalue weighted by Gasteiger charge is -2.37. The van der Waals surface area contributed by atoms with Gasteiger partial charge in [0.15, 0.2) is 0 Å². The van der Waals surface area contributed by atoms with Crippen molar-refractivity contribution >= 4 is 0 Å². The number of ether oxygens (including phenoxy) is 2. The lowest BCUT2D eigenvalue weighted by Crippen LogP contribution is -2.35. The first-order valence-electron chi connectivity index (χ1n) is 8.16. The van der Waals surface area contributed by atoms with E-state index in [-0.39, 0.29) is 0 Å². The first kappa shape index (κ1) is 18.9. The second-order valence-corrected chi connectivity index (χ2v) is 6.07. The predicted octanol–water partition coefficient (Wildman–Crippen LogP) is 5.20. The van der Waals surface area contributed by atoms with Gasteiger partial charge >= 0.3 is 0 Å². The smallest absolute Gasteiger partial charge is 0.0646 e. The Kier molecular flexibility index (Phi) is 11.7. The molecule has 116 valence electrons. The van der Waals surface area contributed by atoms with Crippen LogP contribution in [0.4, 0.5) is 0 Å². The lowest BCUT2D eigenvalue weighted by atomic mass is 9.74. The fraction of sp³-hybridized carbons (Fsp3) is 1.00. The highest BCUT2D eigenvalue weighted by Gasteiger charge is 2.32. The Labute approximate surface area is 121 Å². The van der Waals surface area contributed by atoms with Gasteiger partial charge in [0, 0.05) is 20.8 Å². The summed E-state index contributed by atoms with van der Waals surface area (Å²) < 4.78 is 11.0. The molecule has 0 aromatic carbocycles. The fourth-order valence-corrected chi connectivity index (χ4v) is 3.13. The highest BCUT2D eigenvalue weighted by atomic mass is 16.5. The molecule has 0 saturated carbocycles. The highest BCUT2D eigenvalue weighted by Crippen LogP contribution is 2.37.